The lowest BCUT2D eigenvalue weighted by atomic mass is 9.99. The van der Waals surface area contributed by atoms with Crippen molar-refractivity contribution in [3.63, 3.8) is 0 Å². The molecule has 0 aromatic carbocycles. The Hall–Kier alpha value is -2.24. The zero-order valence-corrected chi connectivity index (χ0v) is 19.2. The van der Waals surface area contributed by atoms with E-state index in [0.717, 1.165) is 19.0 Å². The number of carbonyl (C=O) groups is 1. The normalized spacial score (nSPS) is 19.0. The lowest BCUT2D eigenvalue weighted by Gasteiger charge is -2.21. The van der Waals surface area contributed by atoms with E-state index in [0.29, 0.717) is 36.9 Å². The van der Waals surface area contributed by atoms with Crippen LogP contribution in [-0.2, 0) is 16.0 Å². The van der Waals surface area contributed by atoms with Crippen LogP contribution < -0.4 is 5.32 Å². The van der Waals surface area contributed by atoms with Crippen LogP contribution in [-0.4, -0.2) is 65.2 Å². The molecule has 9 nitrogen and oxygen atoms in total. The fourth-order valence-corrected chi connectivity index (χ4v) is 3.23. The van der Waals surface area contributed by atoms with Gasteiger partial charge in [0.2, 0.25) is 0 Å². The molecule has 1 aliphatic rings. The molecule has 0 amide bonds. The second-order valence-electron chi connectivity index (χ2n) is 6.73. The van der Waals surface area contributed by atoms with Gasteiger partial charge in [-0.05, 0) is 25.0 Å². The van der Waals surface area contributed by atoms with Gasteiger partial charge in [-0.3, -0.25) is 14.8 Å². The van der Waals surface area contributed by atoms with E-state index < -0.39 is 0 Å². The van der Waals surface area contributed by atoms with Gasteiger partial charge in [-0.15, -0.1) is 24.0 Å². The Bertz CT molecular complexity index is 813. The Morgan fingerprint density at radius 2 is 2.24 bits per heavy atom. The summed E-state index contributed by atoms with van der Waals surface area (Å²) >= 11 is 0. The molecule has 0 radical (unpaired) electrons. The fraction of sp³-hybridized carbons (Fsp3) is 0.526. The predicted molar refractivity (Wildman–Crippen MR) is 119 cm³/mol. The van der Waals surface area contributed by atoms with E-state index in [1.165, 1.54) is 7.11 Å². The highest BCUT2D eigenvalue weighted by Gasteiger charge is 2.36. The van der Waals surface area contributed by atoms with Gasteiger partial charge in [0.15, 0.2) is 11.8 Å². The highest BCUT2D eigenvalue weighted by atomic mass is 127. The van der Waals surface area contributed by atoms with Crippen LogP contribution in [0.2, 0.25) is 0 Å². The molecule has 29 heavy (non-hydrogen) atoms. The van der Waals surface area contributed by atoms with Gasteiger partial charge in [0, 0.05) is 38.8 Å². The molecule has 1 aliphatic heterocycles. The minimum Gasteiger partial charge on any atom is -0.469 e. The topological polar surface area (TPSA) is 106 Å². The number of carbonyl (C=O) groups excluding carboxylic acids is 1. The van der Waals surface area contributed by atoms with Gasteiger partial charge in [-0.2, -0.15) is 4.98 Å². The molecule has 1 fully saturated rings. The molecule has 0 spiro atoms. The number of nitrogens with zero attached hydrogens (tertiary/aromatic N) is 5. The van der Waals surface area contributed by atoms with Crippen LogP contribution in [0.15, 0.2) is 33.9 Å². The summed E-state index contributed by atoms with van der Waals surface area (Å²) in [5.41, 5.74) is 0.651. The van der Waals surface area contributed by atoms with Crippen molar-refractivity contribution in [3.8, 4) is 11.6 Å². The Kier molecular flexibility index (Phi) is 8.80. The summed E-state index contributed by atoms with van der Waals surface area (Å²) in [6, 6.07) is 5.53. The third-order valence-electron chi connectivity index (χ3n) is 4.70. The molecule has 3 heterocycles. The number of rotatable bonds is 6. The molecule has 0 bridgehead atoms. The first kappa shape index (κ1) is 23.0. The molecule has 158 valence electrons. The van der Waals surface area contributed by atoms with E-state index in [9.17, 15) is 4.79 Å². The van der Waals surface area contributed by atoms with E-state index >= 15 is 0 Å². The molecule has 2 aromatic rings. The minimum absolute atomic E-state index is 0. The summed E-state index contributed by atoms with van der Waals surface area (Å²) in [5.74, 6) is 1.69. The smallest absolute Gasteiger partial charge is 0.310 e. The van der Waals surface area contributed by atoms with Gasteiger partial charge in [-0.25, -0.2) is 0 Å². The summed E-state index contributed by atoms with van der Waals surface area (Å²) < 4.78 is 10.2. The number of pyridine rings is 1. The molecule has 0 aliphatic carbocycles. The number of guanidine groups is 1. The van der Waals surface area contributed by atoms with Gasteiger partial charge in [0.1, 0.15) is 5.69 Å². The minimum atomic E-state index is -0.167. The van der Waals surface area contributed by atoms with Gasteiger partial charge in [0.25, 0.3) is 5.89 Å². The van der Waals surface area contributed by atoms with E-state index in [1.807, 2.05) is 25.1 Å². The Morgan fingerprint density at radius 3 is 2.93 bits per heavy atom. The number of halogens is 1. The zero-order valence-electron chi connectivity index (χ0n) is 16.9. The van der Waals surface area contributed by atoms with Crippen molar-refractivity contribution in [2.24, 2.45) is 16.8 Å². The largest absolute Gasteiger partial charge is 0.469 e. The number of ether oxygens (including phenoxy) is 1. The molecule has 10 heteroatoms. The maximum atomic E-state index is 11.9. The van der Waals surface area contributed by atoms with Crippen LogP contribution in [0.4, 0.5) is 0 Å². The van der Waals surface area contributed by atoms with Crippen LogP contribution >= 0.6 is 24.0 Å². The molecule has 0 saturated carbocycles. The maximum absolute atomic E-state index is 11.9. The number of methoxy groups -OCH3 is 1. The summed E-state index contributed by atoms with van der Waals surface area (Å²) in [7, 11) is 1.43. The van der Waals surface area contributed by atoms with E-state index in [1.54, 1.807) is 6.20 Å². The summed E-state index contributed by atoms with van der Waals surface area (Å²) in [6.45, 7) is 6.70. The summed E-state index contributed by atoms with van der Waals surface area (Å²) in [5, 5.41) is 7.29. The zero-order chi connectivity index (χ0) is 19.9. The first-order chi connectivity index (χ1) is 13.6. The lowest BCUT2D eigenvalue weighted by Crippen LogP contribution is -2.40. The average molecular weight is 514 g/mol. The van der Waals surface area contributed by atoms with Crippen molar-refractivity contribution in [1.82, 2.24) is 25.3 Å². The third kappa shape index (κ3) is 5.87. The number of hydrogen-bond acceptors (Lipinski definition) is 7. The molecular formula is C19H27IN6O3. The summed E-state index contributed by atoms with van der Waals surface area (Å²) in [4.78, 5) is 27.3. The number of esters is 1. The second-order valence-corrected chi connectivity index (χ2v) is 6.73. The SMILES string of the molecule is CCNC(=NCCc1noc(-c2ccccn2)n1)N1CC(C)C(C(=O)OC)C1.I. The molecule has 2 unspecified atom stereocenters. The second kappa shape index (κ2) is 11.1. The van der Waals surface area contributed by atoms with Crippen LogP contribution in [0.25, 0.3) is 11.6 Å². The Balaban J connectivity index is 0.00000300. The number of hydrogen-bond donors (Lipinski definition) is 1. The highest BCUT2D eigenvalue weighted by Crippen LogP contribution is 2.24. The summed E-state index contributed by atoms with van der Waals surface area (Å²) in [6.07, 6.45) is 2.24. The quantitative estimate of drug-likeness (QED) is 0.270. The standard InChI is InChI=1S/C19H26N6O3.HI/c1-4-20-19(25-11-13(2)14(12-25)18(26)27-3)22-10-8-16-23-17(28-24-16)15-7-5-6-9-21-15;/h5-7,9,13-14H,4,8,10-12H2,1-3H3,(H,20,22);1H. The van der Waals surface area contributed by atoms with E-state index in [4.69, 9.17) is 9.26 Å². The first-order valence-electron chi connectivity index (χ1n) is 9.47. The average Bonchev–Trinajstić information content (AvgIpc) is 3.34. The molecule has 1 N–H and O–H groups in total. The Morgan fingerprint density at radius 1 is 1.41 bits per heavy atom. The number of aliphatic imine (C=N–C) groups is 1. The molecule has 2 aromatic heterocycles. The van der Waals surface area contributed by atoms with Gasteiger partial charge < -0.3 is 19.5 Å². The molecule has 2 atom stereocenters. The van der Waals surface area contributed by atoms with Crippen LogP contribution in [0, 0.1) is 11.8 Å². The Labute approximate surface area is 187 Å². The van der Waals surface area contributed by atoms with Crippen LogP contribution in [0.5, 0.6) is 0 Å². The van der Waals surface area contributed by atoms with Crippen molar-refractivity contribution < 1.29 is 14.1 Å². The van der Waals surface area contributed by atoms with Gasteiger partial charge >= 0.3 is 5.97 Å². The van der Waals surface area contributed by atoms with Crippen molar-refractivity contribution >= 4 is 35.9 Å². The predicted octanol–water partition coefficient (Wildman–Crippen LogP) is 2.00. The molecule has 3 rings (SSSR count). The number of aromatic nitrogens is 3. The van der Waals surface area contributed by atoms with Crippen molar-refractivity contribution in [2.45, 2.75) is 20.3 Å². The van der Waals surface area contributed by atoms with Crippen molar-refractivity contribution in [3.05, 3.63) is 30.2 Å². The van der Waals surface area contributed by atoms with Crippen molar-refractivity contribution in [2.75, 3.05) is 33.3 Å². The lowest BCUT2D eigenvalue weighted by molar-refractivity contribution is -0.145. The maximum Gasteiger partial charge on any atom is 0.310 e. The fourth-order valence-electron chi connectivity index (χ4n) is 3.23. The van der Waals surface area contributed by atoms with Crippen molar-refractivity contribution in [1.29, 1.82) is 0 Å². The highest BCUT2D eigenvalue weighted by molar-refractivity contribution is 14.0. The van der Waals surface area contributed by atoms with Gasteiger partial charge in [0.05, 0.1) is 13.0 Å². The monoisotopic (exact) mass is 514 g/mol. The van der Waals surface area contributed by atoms with E-state index in [2.05, 4.69) is 37.3 Å². The third-order valence-corrected chi connectivity index (χ3v) is 4.70. The molecular weight excluding hydrogens is 487 g/mol. The molecule has 1 saturated heterocycles. The van der Waals surface area contributed by atoms with Gasteiger partial charge in [-0.1, -0.05) is 18.1 Å². The van der Waals surface area contributed by atoms with E-state index in [-0.39, 0.29) is 41.8 Å². The number of likely N-dealkylation sites (tertiary alicyclic amines) is 1. The number of nitrogens with one attached hydrogen (secondary N) is 1. The van der Waals surface area contributed by atoms with Crippen LogP contribution in [0.1, 0.15) is 19.7 Å². The first-order valence-corrected chi connectivity index (χ1v) is 9.47. The van der Waals surface area contributed by atoms with Crippen LogP contribution in [0.3, 0.4) is 0 Å².